The molecule has 0 radical (unpaired) electrons. The van der Waals surface area contributed by atoms with Crippen LogP contribution in [0.5, 0.6) is 0 Å². The lowest BCUT2D eigenvalue weighted by Crippen LogP contribution is -2.36. The fraction of sp³-hybridized carbons (Fsp3) is 0.143. The summed E-state index contributed by atoms with van der Waals surface area (Å²) in [4.78, 5) is 28.7. The molecule has 0 bridgehead atoms. The topological polar surface area (TPSA) is 96.7 Å². The van der Waals surface area contributed by atoms with Crippen molar-refractivity contribution in [3.63, 3.8) is 0 Å². The zero-order valence-electron chi connectivity index (χ0n) is 20.3. The van der Waals surface area contributed by atoms with E-state index >= 15 is 0 Å². The van der Waals surface area contributed by atoms with E-state index in [4.69, 9.17) is 9.72 Å². The van der Waals surface area contributed by atoms with Gasteiger partial charge in [0.1, 0.15) is 0 Å². The Kier molecular flexibility index (Phi) is 5.60. The highest BCUT2D eigenvalue weighted by molar-refractivity contribution is 7.07. The number of nitrogens with zero attached hydrogens (tertiary/aromatic N) is 5. The van der Waals surface area contributed by atoms with Crippen LogP contribution in [0.25, 0.3) is 28.6 Å². The molecule has 0 aliphatic carbocycles. The predicted molar refractivity (Wildman–Crippen MR) is 150 cm³/mol. The van der Waals surface area contributed by atoms with Crippen LogP contribution < -0.4 is 15.5 Å². The van der Waals surface area contributed by atoms with E-state index in [1.807, 2.05) is 46.4 Å². The first-order chi connectivity index (χ1) is 18.7. The Morgan fingerprint density at radius 3 is 2.76 bits per heavy atom. The van der Waals surface area contributed by atoms with E-state index in [2.05, 4.69) is 49.8 Å². The molecule has 0 unspecified atom stereocenters. The maximum absolute atomic E-state index is 12.7. The van der Waals surface area contributed by atoms with E-state index in [9.17, 15) is 4.79 Å². The van der Waals surface area contributed by atoms with E-state index in [0.717, 1.165) is 65.8 Å². The van der Waals surface area contributed by atoms with Crippen LogP contribution in [0.1, 0.15) is 11.3 Å². The Balaban J connectivity index is 1.20. The first kappa shape index (κ1) is 22.6. The number of anilines is 4. The number of hydrogen-bond donors (Lipinski definition) is 2. The first-order valence-electron chi connectivity index (χ1n) is 12.3. The fourth-order valence-corrected chi connectivity index (χ4v) is 5.32. The normalized spacial score (nSPS) is 16.2. The smallest absolute Gasteiger partial charge is 0.256 e. The molecule has 0 saturated carbocycles. The molecule has 2 aliphatic heterocycles. The molecule has 2 aromatic carbocycles. The second-order valence-electron chi connectivity index (χ2n) is 9.09. The highest BCUT2D eigenvalue weighted by Crippen LogP contribution is 2.36. The summed E-state index contributed by atoms with van der Waals surface area (Å²) in [5, 5.41) is 8.34. The third-order valence-electron chi connectivity index (χ3n) is 6.72. The zero-order chi connectivity index (χ0) is 25.5. The summed E-state index contributed by atoms with van der Waals surface area (Å²) < 4.78 is 7.41. The van der Waals surface area contributed by atoms with Crippen molar-refractivity contribution in [1.82, 2.24) is 19.4 Å². The number of thiazole rings is 1. The number of aromatic nitrogens is 4. The number of hydrogen-bond acceptors (Lipinski definition) is 8. The SMILES string of the molecule is O=C1Nc2cc(-c3cn4ccnc4c(Nc4ccc(N5CCOCC5)cc4)n3)ccc2/C1=C\c1cscn1. The monoisotopic (exact) mass is 521 g/mol. The second-order valence-corrected chi connectivity index (χ2v) is 9.81. The van der Waals surface area contributed by atoms with Gasteiger partial charge >= 0.3 is 0 Å². The predicted octanol–water partition coefficient (Wildman–Crippen LogP) is 4.93. The molecule has 9 nitrogen and oxygen atoms in total. The molecule has 0 atom stereocenters. The average molecular weight is 522 g/mol. The highest BCUT2D eigenvalue weighted by atomic mass is 32.1. The molecule has 2 aliphatic rings. The minimum atomic E-state index is -0.133. The van der Waals surface area contributed by atoms with Crippen LogP contribution >= 0.6 is 11.3 Å². The standard InChI is InChI=1S/C28H23N7O2S/c36-28-23(14-20-16-38-17-30-20)22-6-1-18(13-24(22)33-28)25-15-35-8-7-29-27(35)26(32-25)31-19-2-4-21(5-3-19)34-9-11-37-12-10-34/h1-8,13-17H,9-12H2,(H,31,32)(H,33,36)/b23-14+. The average Bonchev–Trinajstić information content (AvgIpc) is 3.71. The van der Waals surface area contributed by atoms with Crippen molar-refractivity contribution in [2.24, 2.45) is 0 Å². The summed E-state index contributed by atoms with van der Waals surface area (Å²) in [6, 6.07) is 14.2. The van der Waals surface area contributed by atoms with Crippen molar-refractivity contribution in [1.29, 1.82) is 0 Å². The Labute approximate surface area is 222 Å². The fourth-order valence-electron chi connectivity index (χ4n) is 4.81. The van der Waals surface area contributed by atoms with E-state index < -0.39 is 0 Å². The first-order valence-corrected chi connectivity index (χ1v) is 13.3. The summed E-state index contributed by atoms with van der Waals surface area (Å²) in [6.45, 7) is 3.30. The maximum atomic E-state index is 12.7. The second kappa shape index (κ2) is 9.40. The number of carbonyl (C=O) groups is 1. The van der Waals surface area contributed by atoms with E-state index in [1.165, 1.54) is 17.0 Å². The van der Waals surface area contributed by atoms with Gasteiger partial charge in [0.05, 0.1) is 35.7 Å². The summed E-state index contributed by atoms with van der Waals surface area (Å²) in [6.07, 6.45) is 7.42. The number of fused-ring (bicyclic) bond motifs is 2. The molecule has 2 N–H and O–H groups in total. The van der Waals surface area contributed by atoms with Gasteiger partial charge in [-0.25, -0.2) is 15.0 Å². The zero-order valence-corrected chi connectivity index (χ0v) is 21.1. The number of nitrogens with one attached hydrogen (secondary N) is 2. The van der Waals surface area contributed by atoms with Crippen LogP contribution in [0.15, 0.2) is 71.9 Å². The van der Waals surface area contributed by atoms with Gasteiger partial charge < -0.3 is 24.7 Å². The lowest BCUT2D eigenvalue weighted by molar-refractivity contribution is -0.110. The molecule has 1 saturated heterocycles. The molecule has 7 rings (SSSR count). The largest absolute Gasteiger partial charge is 0.378 e. The summed E-state index contributed by atoms with van der Waals surface area (Å²) >= 11 is 1.50. The summed E-state index contributed by atoms with van der Waals surface area (Å²) in [5.41, 5.74) is 9.24. The van der Waals surface area contributed by atoms with Gasteiger partial charge in [0, 0.05) is 65.2 Å². The molecule has 1 fully saturated rings. The number of ether oxygens (including phenoxy) is 1. The van der Waals surface area contributed by atoms with Gasteiger partial charge in [-0.05, 0) is 36.4 Å². The number of morpholine rings is 1. The van der Waals surface area contributed by atoms with Gasteiger partial charge in [0.25, 0.3) is 5.91 Å². The molecular weight excluding hydrogens is 498 g/mol. The van der Waals surface area contributed by atoms with Gasteiger partial charge in [0.2, 0.25) is 0 Å². The Morgan fingerprint density at radius 1 is 1.08 bits per heavy atom. The number of carbonyl (C=O) groups excluding carboxylic acids is 1. The van der Waals surface area contributed by atoms with Crippen LogP contribution in [0.3, 0.4) is 0 Å². The Morgan fingerprint density at radius 2 is 1.95 bits per heavy atom. The Hall–Kier alpha value is -4.54. The van der Waals surface area contributed by atoms with Crippen molar-refractivity contribution in [3.05, 3.63) is 83.2 Å². The van der Waals surface area contributed by atoms with Gasteiger partial charge in [-0.3, -0.25) is 4.79 Å². The minimum Gasteiger partial charge on any atom is -0.378 e. The molecular formula is C28H23N7O2S. The van der Waals surface area contributed by atoms with Gasteiger partial charge in [-0.15, -0.1) is 11.3 Å². The molecule has 10 heteroatoms. The van der Waals surface area contributed by atoms with Crippen LogP contribution in [0.2, 0.25) is 0 Å². The molecule has 1 amide bonds. The van der Waals surface area contributed by atoms with Crippen LogP contribution in [0, 0.1) is 0 Å². The third-order valence-corrected chi connectivity index (χ3v) is 7.33. The van der Waals surface area contributed by atoms with Gasteiger partial charge in [-0.1, -0.05) is 12.1 Å². The molecule has 188 valence electrons. The van der Waals surface area contributed by atoms with Crippen molar-refractivity contribution in [2.45, 2.75) is 0 Å². The molecule has 38 heavy (non-hydrogen) atoms. The molecule has 5 aromatic rings. The summed E-state index contributed by atoms with van der Waals surface area (Å²) in [7, 11) is 0. The van der Waals surface area contributed by atoms with Crippen LogP contribution in [-0.2, 0) is 9.53 Å². The molecule has 5 heterocycles. The minimum absolute atomic E-state index is 0.133. The van der Waals surface area contributed by atoms with Crippen LogP contribution in [0.4, 0.5) is 22.9 Å². The van der Waals surface area contributed by atoms with Gasteiger partial charge in [0.15, 0.2) is 11.5 Å². The van der Waals surface area contributed by atoms with Crippen LogP contribution in [-0.4, -0.2) is 51.6 Å². The lowest BCUT2D eigenvalue weighted by Gasteiger charge is -2.28. The number of imidazole rings is 1. The van der Waals surface area contributed by atoms with Gasteiger partial charge in [-0.2, -0.15) is 0 Å². The maximum Gasteiger partial charge on any atom is 0.256 e. The quantitative estimate of drug-likeness (QED) is 0.317. The number of rotatable bonds is 5. The van der Waals surface area contributed by atoms with Crippen molar-refractivity contribution in [3.8, 4) is 11.3 Å². The van der Waals surface area contributed by atoms with Crippen molar-refractivity contribution < 1.29 is 9.53 Å². The van der Waals surface area contributed by atoms with E-state index in [1.54, 1.807) is 11.7 Å². The number of benzene rings is 2. The molecule has 0 spiro atoms. The van der Waals surface area contributed by atoms with Crippen molar-refractivity contribution in [2.75, 3.05) is 41.8 Å². The third kappa shape index (κ3) is 4.19. The van der Waals surface area contributed by atoms with E-state index in [0.29, 0.717) is 11.4 Å². The highest BCUT2D eigenvalue weighted by Gasteiger charge is 2.25. The molecule has 3 aromatic heterocycles. The Bertz CT molecular complexity index is 1670. The number of amides is 1. The summed E-state index contributed by atoms with van der Waals surface area (Å²) in [5.74, 6) is 0.520. The lowest BCUT2D eigenvalue weighted by atomic mass is 10.0. The van der Waals surface area contributed by atoms with Crippen molar-refractivity contribution >= 4 is 57.4 Å². The van der Waals surface area contributed by atoms with E-state index in [-0.39, 0.29) is 5.91 Å².